The molecular weight excluding hydrogens is 715 g/mol. The summed E-state index contributed by atoms with van der Waals surface area (Å²) in [5.41, 5.74) is 12.3. The van der Waals surface area contributed by atoms with Crippen molar-refractivity contribution in [1.82, 2.24) is 0 Å². The average Bonchev–Trinajstić information content (AvgIpc) is 3.28. The Hall–Kier alpha value is -7.21. The van der Waals surface area contributed by atoms with Gasteiger partial charge in [0.25, 0.3) is 0 Å². The number of fused-ring (bicyclic) bond motifs is 5. The number of nitrogens with zero attached hydrogens (tertiary/aromatic N) is 3. The molecule has 0 unspecified atom stereocenters. The second-order valence-electron chi connectivity index (χ2n) is 14.2. The Bertz CT molecular complexity index is 2880. The lowest BCUT2D eigenvalue weighted by molar-refractivity contribution is 0.477. The van der Waals surface area contributed by atoms with E-state index in [4.69, 9.17) is 4.74 Å². The number of hydrogen-bond donors (Lipinski definition) is 0. The lowest BCUT2D eigenvalue weighted by Crippen LogP contribution is -2.16. The highest BCUT2D eigenvalue weighted by atomic mass is 32.2. The molecule has 0 saturated carbocycles. The number of rotatable bonds is 6. The number of para-hydroxylation sites is 6. The quantitative estimate of drug-likeness (QED) is 0.168. The predicted octanol–water partition coefficient (Wildman–Crippen LogP) is 15.5. The van der Waals surface area contributed by atoms with Gasteiger partial charge in [-0.1, -0.05) is 121 Å². The minimum Gasteiger partial charge on any atom is -0.453 e. The number of hydrogen-bond acceptors (Lipinski definition) is 5. The van der Waals surface area contributed by atoms with Crippen molar-refractivity contribution in [3.63, 3.8) is 0 Å². The molecule has 5 heteroatoms. The molecule has 0 spiro atoms. The Morgan fingerprint density at radius 3 is 1.68 bits per heavy atom. The van der Waals surface area contributed by atoms with Crippen LogP contribution in [-0.4, -0.2) is 0 Å². The van der Waals surface area contributed by atoms with Gasteiger partial charge in [0, 0.05) is 37.9 Å². The van der Waals surface area contributed by atoms with Crippen molar-refractivity contribution in [2.45, 2.75) is 9.79 Å². The molecule has 9 aromatic carbocycles. The van der Waals surface area contributed by atoms with Gasteiger partial charge in [-0.25, -0.2) is 0 Å². The molecule has 2 heterocycles. The molecule has 0 aliphatic carbocycles. The molecule has 270 valence electrons. The maximum Gasteiger partial charge on any atom is 0.151 e. The minimum absolute atomic E-state index is 0.841. The summed E-state index contributed by atoms with van der Waals surface area (Å²) >= 11 is 1.84. The first-order valence-corrected chi connectivity index (χ1v) is 20.0. The number of benzene rings is 9. The van der Waals surface area contributed by atoms with E-state index in [0.29, 0.717) is 0 Å². The topological polar surface area (TPSA) is 19.0 Å². The minimum atomic E-state index is 0.841. The Kier molecular flexibility index (Phi) is 8.04. The average molecular weight is 750 g/mol. The van der Waals surface area contributed by atoms with E-state index in [-0.39, 0.29) is 0 Å². The highest BCUT2D eigenvalue weighted by molar-refractivity contribution is 7.99. The summed E-state index contributed by atoms with van der Waals surface area (Å²) in [6.45, 7) is 0. The van der Waals surface area contributed by atoms with Gasteiger partial charge < -0.3 is 19.4 Å². The summed E-state index contributed by atoms with van der Waals surface area (Å²) in [7, 11) is 0. The first kappa shape index (κ1) is 33.2. The Morgan fingerprint density at radius 2 is 0.930 bits per heavy atom. The van der Waals surface area contributed by atoms with Crippen molar-refractivity contribution in [1.29, 1.82) is 0 Å². The van der Waals surface area contributed by atoms with Gasteiger partial charge in [-0.2, -0.15) is 0 Å². The van der Waals surface area contributed by atoms with Crippen molar-refractivity contribution in [2.24, 2.45) is 0 Å². The second kappa shape index (κ2) is 13.8. The van der Waals surface area contributed by atoms with E-state index in [2.05, 4.69) is 203 Å². The molecule has 11 rings (SSSR count). The summed E-state index contributed by atoms with van der Waals surface area (Å²) in [5, 5.41) is 2.40. The lowest BCUT2D eigenvalue weighted by Gasteiger charge is -2.33. The molecule has 4 nitrogen and oxygen atoms in total. The lowest BCUT2D eigenvalue weighted by atomic mass is 10.0. The Labute approximate surface area is 336 Å². The van der Waals surface area contributed by atoms with E-state index in [1.165, 1.54) is 43.1 Å². The first-order chi connectivity index (χ1) is 28.3. The van der Waals surface area contributed by atoms with Crippen LogP contribution in [0.5, 0.6) is 11.5 Å². The molecule has 9 aromatic rings. The van der Waals surface area contributed by atoms with Crippen LogP contribution in [0.25, 0.3) is 21.9 Å². The summed E-state index contributed by atoms with van der Waals surface area (Å²) in [5.74, 6) is 1.68. The first-order valence-electron chi connectivity index (χ1n) is 19.2. The Balaban J connectivity index is 0.977. The third kappa shape index (κ3) is 5.79. The highest BCUT2D eigenvalue weighted by Crippen LogP contribution is 2.53. The van der Waals surface area contributed by atoms with Crippen LogP contribution in [0.1, 0.15) is 0 Å². The molecule has 0 bridgehead atoms. The van der Waals surface area contributed by atoms with Crippen LogP contribution in [0.3, 0.4) is 0 Å². The van der Waals surface area contributed by atoms with Crippen molar-refractivity contribution < 1.29 is 4.74 Å². The summed E-state index contributed by atoms with van der Waals surface area (Å²) in [6.07, 6.45) is 0. The zero-order valence-corrected chi connectivity index (χ0v) is 31.7. The molecule has 2 aliphatic rings. The van der Waals surface area contributed by atoms with Crippen LogP contribution in [-0.2, 0) is 0 Å². The third-order valence-corrected chi connectivity index (χ3v) is 11.9. The van der Waals surface area contributed by atoms with E-state index in [1.54, 1.807) is 0 Å². The maximum absolute atomic E-state index is 6.30. The largest absolute Gasteiger partial charge is 0.453 e. The van der Waals surface area contributed by atoms with Gasteiger partial charge in [-0.15, -0.1) is 0 Å². The van der Waals surface area contributed by atoms with Gasteiger partial charge in [0.1, 0.15) is 0 Å². The smallest absolute Gasteiger partial charge is 0.151 e. The normalized spacial score (nSPS) is 12.6. The van der Waals surface area contributed by atoms with Gasteiger partial charge in [-0.05, 0) is 120 Å². The van der Waals surface area contributed by atoms with Crippen LogP contribution in [0.15, 0.2) is 222 Å². The van der Waals surface area contributed by atoms with E-state index < -0.39 is 0 Å². The SMILES string of the molecule is c1ccc(N2c3ccccc3Sc3cc(-c4ccc(N(c5ccc(N6c7ccccc7Oc7ccccc76)cc5)c5cccc6ccccc56)cc4)ccc32)cc1. The van der Waals surface area contributed by atoms with Crippen LogP contribution < -0.4 is 19.4 Å². The molecule has 0 radical (unpaired) electrons. The van der Waals surface area contributed by atoms with Crippen LogP contribution in [0.2, 0.25) is 0 Å². The van der Waals surface area contributed by atoms with Crippen molar-refractivity contribution in [2.75, 3.05) is 14.7 Å². The molecule has 57 heavy (non-hydrogen) atoms. The van der Waals surface area contributed by atoms with Gasteiger partial charge in [0.05, 0.1) is 28.4 Å². The molecule has 0 aromatic heterocycles. The van der Waals surface area contributed by atoms with Gasteiger partial charge in [-0.3, -0.25) is 0 Å². The third-order valence-electron chi connectivity index (χ3n) is 10.8. The molecule has 0 amide bonds. The van der Waals surface area contributed by atoms with E-state index in [9.17, 15) is 0 Å². The summed E-state index contributed by atoms with van der Waals surface area (Å²) in [6, 6.07) is 75.6. The van der Waals surface area contributed by atoms with Crippen molar-refractivity contribution in [3.8, 4) is 22.6 Å². The predicted molar refractivity (Wildman–Crippen MR) is 238 cm³/mol. The fourth-order valence-corrected chi connectivity index (χ4v) is 9.26. The van der Waals surface area contributed by atoms with Crippen molar-refractivity contribution >= 4 is 73.7 Å². The zero-order chi connectivity index (χ0) is 37.7. The highest BCUT2D eigenvalue weighted by Gasteiger charge is 2.27. The molecule has 0 atom stereocenters. The van der Waals surface area contributed by atoms with E-state index in [0.717, 1.165) is 51.3 Å². The van der Waals surface area contributed by atoms with Crippen molar-refractivity contribution in [3.05, 3.63) is 212 Å². The summed E-state index contributed by atoms with van der Waals surface area (Å²) in [4.78, 5) is 9.51. The standard InChI is InChI=1S/C52H35N3OS/c1-2-15-39(16-3-1)55-47-20-8-11-24-51(47)57-52-35-38(27-34-48(52)55)36-25-28-40(29-26-36)53(44-21-12-14-37-13-4-5-17-43(37)44)41-30-32-42(33-31-41)54-45-18-6-9-22-49(45)56-50-23-10-7-19-46(50)54/h1-35H. The van der Waals surface area contributed by atoms with Gasteiger partial charge in [0.15, 0.2) is 11.5 Å². The number of anilines is 9. The Morgan fingerprint density at radius 1 is 0.386 bits per heavy atom. The van der Waals surface area contributed by atoms with E-state index >= 15 is 0 Å². The zero-order valence-electron chi connectivity index (χ0n) is 30.9. The molecule has 0 fully saturated rings. The monoisotopic (exact) mass is 749 g/mol. The summed E-state index contributed by atoms with van der Waals surface area (Å²) < 4.78 is 6.30. The molecular formula is C52H35N3OS. The van der Waals surface area contributed by atoms with Gasteiger partial charge in [0.2, 0.25) is 0 Å². The van der Waals surface area contributed by atoms with Crippen LogP contribution in [0, 0.1) is 0 Å². The second-order valence-corrected chi connectivity index (χ2v) is 15.3. The van der Waals surface area contributed by atoms with Crippen LogP contribution >= 0.6 is 11.8 Å². The van der Waals surface area contributed by atoms with E-state index in [1.807, 2.05) is 36.0 Å². The van der Waals surface area contributed by atoms with Crippen LogP contribution in [0.4, 0.5) is 51.2 Å². The molecule has 0 saturated heterocycles. The number of ether oxygens (including phenoxy) is 1. The van der Waals surface area contributed by atoms with Gasteiger partial charge >= 0.3 is 0 Å². The fraction of sp³-hybridized carbons (Fsp3) is 0. The molecule has 0 N–H and O–H groups in total. The molecule has 2 aliphatic heterocycles. The fourth-order valence-electron chi connectivity index (χ4n) is 8.16. The maximum atomic E-state index is 6.30.